The Hall–Kier alpha value is -2.28. The second-order valence-corrected chi connectivity index (χ2v) is 6.44. The van der Waals surface area contributed by atoms with Crippen LogP contribution in [0.15, 0.2) is 24.3 Å². The van der Waals surface area contributed by atoms with Crippen LogP contribution in [-0.2, 0) is 19.1 Å². The first kappa shape index (κ1) is 21.7. The Kier molecular flexibility index (Phi) is 9.49. The lowest BCUT2D eigenvalue weighted by molar-refractivity contribution is -0.156. The first-order valence-electron chi connectivity index (χ1n) is 7.96. The number of hydrogen-bond acceptors (Lipinski definition) is 4. The number of terminal acetylenes is 1. The molecule has 0 spiro atoms. The monoisotopic (exact) mass is 332 g/mol. The molecule has 2 rings (SSSR count). The standard InChI is InChI=1S/C15H20O2.C3H6O2.C2H2/c1-10-5-7-11(8-6-10)12-9-13(12)14(16)17-15(2,3)4;1-2-5-3-4;1-2/h5-8,12-13H,9H2,1-4H3;3H,2H2,1H3;1-2H. The van der Waals surface area contributed by atoms with Crippen LogP contribution in [-0.4, -0.2) is 24.6 Å². The van der Waals surface area contributed by atoms with Crippen LogP contribution in [0, 0.1) is 25.7 Å². The van der Waals surface area contributed by atoms with Crippen LogP contribution >= 0.6 is 0 Å². The number of aryl methyl sites for hydroxylation is 1. The molecule has 2 unspecified atom stereocenters. The molecule has 0 aromatic heterocycles. The molecule has 1 aromatic rings. The zero-order valence-electron chi connectivity index (χ0n) is 15.2. The molecular weight excluding hydrogens is 304 g/mol. The van der Waals surface area contributed by atoms with Crippen molar-refractivity contribution in [1.29, 1.82) is 0 Å². The number of carbonyl (C=O) groups excluding carboxylic acids is 2. The van der Waals surface area contributed by atoms with Gasteiger partial charge in [-0.05, 0) is 52.5 Å². The third-order valence-corrected chi connectivity index (χ3v) is 3.24. The number of hydrogen-bond donors (Lipinski definition) is 0. The molecule has 0 heterocycles. The van der Waals surface area contributed by atoms with Crippen molar-refractivity contribution in [3.8, 4) is 12.8 Å². The number of esters is 1. The zero-order valence-corrected chi connectivity index (χ0v) is 15.2. The molecule has 0 aliphatic heterocycles. The Bertz CT molecular complexity index is 523. The van der Waals surface area contributed by atoms with Crippen LogP contribution in [0.1, 0.15) is 51.2 Å². The van der Waals surface area contributed by atoms with Gasteiger partial charge in [-0.3, -0.25) is 9.59 Å². The fraction of sp³-hybridized carbons (Fsp3) is 0.500. The summed E-state index contributed by atoms with van der Waals surface area (Å²) in [5, 5.41) is 0. The first-order valence-corrected chi connectivity index (χ1v) is 7.96. The van der Waals surface area contributed by atoms with Gasteiger partial charge in [-0.25, -0.2) is 0 Å². The number of carbonyl (C=O) groups is 2. The van der Waals surface area contributed by atoms with Crippen LogP contribution in [0.2, 0.25) is 0 Å². The van der Waals surface area contributed by atoms with Crippen molar-refractivity contribution in [1.82, 2.24) is 0 Å². The lowest BCUT2D eigenvalue weighted by atomic mass is 10.1. The van der Waals surface area contributed by atoms with E-state index in [1.807, 2.05) is 20.8 Å². The fourth-order valence-corrected chi connectivity index (χ4v) is 2.08. The lowest BCUT2D eigenvalue weighted by Gasteiger charge is -2.19. The molecule has 1 aromatic carbocycles. The minimum absolute atomic E-state index is 0.0527. The lowest BCUT2D eigenvalue weighted by Crippen LogP contribution is -2.25. The summed E-state index contributed by atoms with van der Waals surface area (Å²) in [4.78, 5) is 21.0. The molecule has 1 fully saturated rings. The van der Waals surface area contributed by atoms with Crippen LogP contribution in [0.25, 0.3) is 0 Å². The molecule has 4 nitrogen and oxygen atoms in total. The summed E-state index contributed by atoms with van der Waals surface area (Å²) in [5.41, 5.74) is 2.13. The average Bonchev–Trinajstić information content (AvgIpc) is 3.30. The smallest absolute Gasteiger partial charge is 0.310 e. The summed E-state index contributed by atoms with van der Waals surface area (Å²) in [6, 6.07) is 8.42. The maximum Gasteiger partial charge on any atom is 0.310 e. The van der Waals surface area contributed by atoms with Crippen molar-refractivity contribution in [2.45, 2.75) is 52.6 Å². The largest absolute Gasteiger partial charge is 0.468 e. The summed E-state index contributed by atoms with van der Waals surface area (Å²) < 4.78 is 9.55. The van der Waals surface area contributed by atoms with Gasteiger partial charge in [0.05, 0.1) is 12.5 Å². The molecular formula is C20H28O4. The molecule has 132 valence electrons. The van der Waals surface area contributed by atoms with Gasteiger partial charge in [0.2, 0.25) is 0 Å². The molecule has 1 aliphatic carbocycles. The van der Waals surface area contributed by atoms with E-state index in [-0.39, 0.29) is 17.5 Å². The van der Waals surface area contributed by atoms with Crippen molar-refractivity contribution in [3.63, 3.8) is 0 Å². The molecule has 0 saturated heterocycles. The SMILES string of the molecule is C#C.CCOC=O.Cc1ccc(C2CC2C(=O)OC(C)(C)C)cc1. The predicted octanol–water partition coefficient (Wildman–Crippen LogP) is 3.87. The topological polar surface area (TPSA) is 52.6 Å². The summed E-state index contributed by atoms with van der Waals surface area (Å²) in [6.45, 7) is 10.5. The highest BCUT2D eigenvalue weighted by Crippen LogP contribution is 2.48. The van der Waals surface area contributed by atoms with E-state index in [1.54, 1.807) is 6.92 Å². The Balaban J connectivity index is 0.000000650. The molecule has 24 heavy (non-hydrogen) atoms. The van der Waals surface area contributed by atoms with E-state index in [2.05, 4.69) is 48.8 Å². The highest BCUT2D eigenvalue weighted by Gasteiger charge is 2.46. The van der Waals surface area contributed by atoms with E-state index < -0.39 is 0 Å². The van der Waals surface area contributed by atoms with Gasteiger partial charge < -0.3 is 9.47 Å². The molecule has 0 amide bonds. The minimum Gasteiger partial charge on any atom is -0.468 e. The van der Waals surface area contributed by atoms with Crippen LogP contribution in [0.3, 0.4) is 0 Å². The zero-order chi connectivity index (χ0) is 18.8. The van der Waals surface area contributed by atoms with Gasteiger partial charge in [0.15, 0.2) is 0 Å². The normalized spacial score (nSPS) is 18.0. The van der Waals surface area contributed by atoms with Gasteiger partial charge in [-0.15, -0.1) is 12.8 Å². The maximum absolute atomic E-state index is 11.8. The van der Waals surface area contributed by atoms with E-state index in [0.29, 0.717) is 19.0 Å². The Labute approximate surface area is 145 Å². The van der Waals surface area contributed by atoms with Gasteiger partial charge in [0.1, 0.15) is 5.60 Å². The van der Waals surface area contributed by atoms with E-state index in [4.69, 9.17) is 4.74 Å². The predicted molar refractivity (Wildman–Crippen MR) is 95.5 cm³/mol. The summed E-state index contributed by atoms with van der Waals surface area (Å²) in [7, 11) is 0. The average molecular weight is 332 g/mol. The quantitative estimate of drug-likeness (QED) is 0.477. The van der Waals surface area contributed by atoms with E-state index in [9.17, 15) is 9.59 Å². The Morgan fingerprint density at radius 2 is 1.79 bits per heavy atom. The van der Waals surface area contributed by atoms with Crippen molar-refractivity contribution in [2.75, 3.05) is 6.61 Å². The van der Waals surface area contributed by atoms with E-state index in [0.717, 1.165) is 6.42 Å². The summed E-state index contributed by atoms with van der Waals surface area (Å²) in [6.07, 6.45) is 8.93. The second-order valence-electron chi connectivity index (χ2n) is 6.44. The van der Waals surface area contributed by atoms with Crippen molar-refractivity contribution in [3.05, 3.63) is 35.4 Å². The van der Waals surface area contributed by atoms with Gasteiger partial charge in [0, 0.05) is 0 Å². The van der Waals surface area contributed by atoms with Crippen LogP contribution in [0.5, 0.6) is 0 Å². The molecule has 2 atom stereocenters. The Morgan fingerprint density at radius 3 is 2.17 bits per heavy atom. The Morgan fingerprint density at radius 1 is 1.25 bits per heavy atom. The molecule has 1 saturated carbocycles. The first-order chi connectivity index (χ1) is 11.3. The van der Waals surface area contributed by atoms with Crippen molar-refractivity contribution >= 4 is 12.4 Å². The number of ether oxygens (including phenoxy) is 2. The van der Waals surface area contributed by atoms with Gasteiger partial charge in [0.25, 0.3) is 6.47 Å². The van der Waals surface area contributed by atoms with Crippen LogP contribution in [0.4, 0.5) is 0 Å². The number of rotatable bonds is 4. The fourth-order valence-electron chi connectivity index (χ4n) is 2.08. The summed E-state index contributed by atoms with van der Waals surface area (Å²) >= 11 is 0. The van der Waals surface area contributed by atoms with E-state index in [1.165, 1.54) is 11.1 Å². The van der Waals surface area contributed by atoms with Crippen molar-refractivity contribution < 1.29 is 19.1 Å². The molecule has 0 bridgehead atoms. The van der Waals surface area contributed by atoms with Gasteiger partial charge in [-0.1, -0.05) is 29.8 Å². The second kappa shape index (κ2) is 10.5. The summed E-state index contributed by atoms with van der Waals surface area (Å²) in [5.74, 6) is 0.380. The molecule has 0 N–H and O–H groups in total. The van der Waals surface area contributed by atoms with E-state index >= 15 is 0 Å². The third kappa shape index (κ3) is 8.38. The highest BCUT2D eigenvalue weighted by atomic mass is 16.6. The van der Waals surface area contributed by atoms with Crippen molar-refractivity contribution in [2.24, 2.45) is 5.92 Å². The molecule has 4 heteroatoms. The van der Waals surface area contributed by atoms with Gasteiger partial charge in [-0.2, -0.15) is 0 Å². The van der Waals surface area contributed by atoms with Crippen LogP contribution < -0.4 is 0 Å². The maximum atomic E-state index is 11.8. The minimum atomic E-state index is -0.377. The molecule has 1 aliphatic rings. The number of benzene rings is 1. The highest BCUT2D eigenvalue weighted by molar-refractivity contribution is 5.77. The molecule has 0 radical (unpaired) electrons. The third-order valence-electron chi connectivity index (χ3n) is 3.24. The van der Waals surface area contributed by atoms with Gasteiger partial charge >= 0.3 is 5.97 Å².